The molecule has 0 unspecified atom stereocenters. The fourth-order valence-corrected chi connectivity index (χ4v) is 4.55. The van der Waals surface area contributed by atoms with Gasteiger partial charge in [-0.05, 0) is 36.4 Å². The van der Waals surface area contributed by atoms with Gasteiger partial charge in [0.15, 0.2) is 0 Å². The molecular weight excluding hydrogens is 351 g/mol. The van der Waals surface area contributed by atoms with Gasteiger partial charge in [0.05, 0.1) is 17.3 Å². The molecule has 4 rings (SSSR count). The van der Waals surface area contributed by atoms with Gasteiger partial charge in [-0.3, -0.25) is 9.59 Å². The molecule has 0 aromatic heterocycles. The SMILES string of the molecule is O=C1C[C@@H](C(=O)N2CCCSc3ccccc32)CN1c1ccccc1F. The van der Waals surface area contributed by atoms with E-state index in [0.29, 0.717) is 6.54 Å². The van der Waals surface area contributed by atoms with Crippen LogP contribution < -0.4 is 9.80 Å². The first-order valence-corrected chi connectivity index (χ1v) is 9.72. The van der Waals surface area contributed by atoms with Gasteiger partial charge in [-0.15, -0.1) is 11.8 Å². The molecule has 0 bridgehead atoms. The Morgan fingerprint density at radius 2 is 1.81 bits per heavy atom. The van der Waals surface area contributed by atoms with Gasteiger partial charge in [-0.25, -0.2) is 4.39 Å². The summed E-state index contributed by atoms with van der Waals surface area (Å²) in [5.74, 6) is -0.173. The Balaban J connectivity index is 1.58. The molecule has 2 aromatic rings. The lowest BCUT2D eigenvalue weighted by atomic mass is 10.1. The standard InChI is InChI=1S/C20H19FN2O2S/c21-15-6-1-2-7-16(15)23-13-14(12-19(23)24)20(25)22-10-5-11-26-18-9-4-3-8-17(18)22/h1-4,6-9,14H,5,10-13H2/t14-/m1/s1. The van der Waals surface area contributed by atoms with Crippen LogP contribution in [0.25, 0.3) is 0 Å². The molecule has 2 aliphatic heterocycles. The van der Waals surface area contributed by atoms with Crippen molar-refractivity contribution in [2.75, 3.05) is 28.6 Å². The summed E-state index contributed by atoms with van der Waals surface area (Å²) in [4.78, 5) is 29.9. The highest BCUT2D eigenvalue weighted by atomic mass is 32.2. The molecule has 0 radical (unpaired) electrons. The van der Waals surface area contributed by atoms with Crippen LogP contribution in [0.15, 0.2) is 53.4 Å². The molecule has 134 valence electrons. The topological polar surface area (TPSA) is 40.6 Å². The maximum Gasteiger partial charge on any atom is 0.232 e. The van der Waals surface area contributed by atoms with Gasteiger partial charge in [0.1, 0.15) is 5.82 Å². The zero-order valence-electron chi connectivity index (χ0n) is 14.2. The van der Waals surface area contributed by atoms with E-state index in [1.807, 2.05) is 24.3 Å². The van der Waals surface area contributed by atoms with E-state index in [9.17, 15) is 14.0 Å². The number of amides is 2. The predicted molar refractivity (Wildman–Crippen MR) is 101 cm³/mol. The minimum absolute atomic E-state index is 0.0489. The molecule has 26 heavy (non-hydrogen) atoms. The van der Waals surface area contributed by atoms with Crippen molar-refractivity contribution in [1.82, 2.24) is 0 Å². The Morgan fingerprint density at radius 1 is 1.08 bits per heavy atom. The van der Waals surface area contributed by atoms with E-state index in [1.165, 1.54) is 11.0 Å². The first kappa shape index (κ1) is 17.1. The first-order valence-electron chi connectivity index (χ1n) is 8.73. The van der Waals surface area contributed by atoms with Crippen LogP contribution in [0, 0.1) is 11.7 Å². The van der Waals surface area contributed by atoms with Crippen LogP contribution in [-0.4, -0.2) is 30.7 Å². The fourth-order valence-electron chi connectivity index (χ4n) is 3.55. The van der Waals surface area contributed by atoms with Crippen molar-refractivity contribution in [2.45, 2.75) is 17.7 Å². The van der Waals surface area contributed by atoms with E-state index in [4.69, 9.17) is 0 Å². The summed E-state index contributed by atoms with van der Waals surface area (Å²) >= 11 is 1.75. The molecule has 2 amide bonds. The van der Waals surface area contributed by atoms with E-state index in [1.54, 1.807) is 34.9 Å². The van der Waals surface area contributed by atoms with Crippen molar-refractivity contribution in [3.05, 3.63) is 54.3 Å². The number of carbonyl (C=O) groups excluding carboxylic acids is 2. The third-order valence-corrected chi connectivity index (χ3v) is 5.97. The highest BCUT2D eigenvalue weighted by molar-refractivity contribution is 7.99. The number of hydrogen-bond donors (Lipinski definition) is 0. The van der Waals surface area contributed by atoms with E-state index in [2.05, 4.69) is 0 Å². The molecule has 1 fully saturated rings. The summed E-state index contributed by atoms with van der Waals surface area (Å²) in [6, 6.07) is 14.1. The molecule has 0 N–H and O–H groups in total. The summed E-state index contributed by atoms with van der Waals surface area (Å²) in [6.45, 7) is 0.873. The number of fused-ring (bicyclic) bond motifs is 1. The molecule has 1 atom stereocenters. The maximum atomic E-state index is 14.1. The van der Waals surface area contributed by atoms with E-state index in [-0.39, 0.29) is 30.5 Å². The van der Waals surface area contributed by atoms with Gasteiger partial charge in [0.25, 0.3) is 0 Å². The zero-order valence-corrected chi connectivity index (χ0v) is 15.0. The lowest BCUT2D eigenvalue weighted by Gasteiger charge is -2.25. The largest absolute Gasteiger partial charge is 0.311 e. The Kier molecular flexibility index (Phi) is 4.68. The summed E-state index contributed by atoms with van der Waals surface area (Å²) in [5, 5.41) is 0. The van der Waals surface area contributed by atoms with Crippen LogP contribution in [0.4, 0.5) is 15.8 Å². The van der Waals surface area contributed by atoms with Crippen molar-refractivity contribution < 1.29 is 14.0 Å². The first-order chi connectivity index (χ1) is 12.6. The molecular formula is C20H19FN2O2S. The average Bonchev–Trinajstić information content (AvgIpc) is 2.91. The summed E-state index contributed by atoms with van der Waals surface area (Å²) in [5.41, 5.74) is 1.16. The molecule has 1 saturated heterocycles. The molecule has 4 nitrogen and oxygen atoms in total. The van der Waals surface area contributed by atoms with Crippen molar-refractivity contribution in [2.24, 2.45) is 5.92 Å². The number of halogens is 1. The second-order valence-electron chi connectivity index (χ2n) is 6.52. The molecule has 2 heterocycles. The molecule has 0 spiro atoms. The van der Waals surface area contributed by atoms with Gasteiger partial charge < -0.3 is 9.80 Å². The monoisotopic (exact) mass is 370 g/mol. The molecule has 2 aliphatic rings. The van der Waals surface area contributed by atoms with Gasteiger partial charge in [0, 0.05) is 24.4 Å². The van der Waals surface area contributed by atoms with E-state index >= 15 is 0 Å². The number of anilines is 2. The van der Waals surface area contributed by atoms with Crippen molar-refractivity contribution in [1.29, 1.82) is 0 Å². The van der Waals surface area contributed by atoms with Gasteiger partial charge in [-0.2, -0.15) is 0 Å². The van der Waals surface area contributed by atoms with E-state index in [0.717, 1.165) is 22.8 Å². The molecule has 2 aromatic carbocycles. The lowest BCUT2D eigenvalue weighted by Crippen LogP contribution is -2.38. The Bertz CT molecular complexity index is 857. The van der Waals surface area contributed by atoms with Crippen molar-refractivity contribution >= 4 is 35.0 Å². The second-order valence-corrected chi connectivity index (χ2v) is 7.65. The highest BCUT2D eigenvalue weighted by Gasteiger charge is 2.39. The second kappa shape index (κ2) is 7.11. The quantitative estimate of drug-likeness (QED) is 0.809. The normalized spacial score (nSPS) is 20.0. The molecule has 0 saturated carbocycles. The van der Waals surface area contributed by atoms with Crippen molar-refractivity contribution in [3.8, 4) is 0 Å². The summed E-state index contributed by atoms with van der Waals surface area (Å²) < 4.78 is 14.1. The molecule has 6 heteroatoms. The van der Waals surface area contributed by atoms with Crippen LogP contribution >= 0.6 is 11.8 Å². The highest BCUT2D eigenvalue weighted by Crippen LogP contribution is 2.36. The number of rotatable bonds is 2. The van der Waals surface area contributed by atoms with Crippen LogP contribution in [0.2, 0.25) is 0 Å². The Hall–Kier alpha value is -2.34. The van der Waals surface area contributed by atoms with E-state index < -0.39 is 11.7 Å². The minimum atomic E-state index is -0.446. The summed E-state index contributed by atoms with van der Waals surface area (Å²) in [6.07, 6.45) is 1.03. The minimum Gasteiger partial charge on any atom is -0.311 e. The van der Waals surface area contributed by atoms with Crippen LogP contribution in [0.3, 0.4) is 0 Å². The smallest absolute Gasteiger partial charge is 0.232 e. The lowest BCUT2D eigenvalue weighted by molar-refractivity contribution is -0.124. The van der Waals surface area contributed by atoms with Crippen LogP contribution in [0.1, 0.15) is 12.8 Å². The maximum absolute atomic E-state index is 14.1. The number of para-hydroxylation sites is 2. The van der Waals surface area contributed by atoms with Crippen molar-refractivity contribution in [3.63, 3.8) is 0 Å². The average molecular weight is 370 g/mol. The predicted octanol–water partition coefficient (Wildman–Crippen LogP) is 3.71. The number of nitrogens with zero attached hydrogens (tertiary/aromatic N) is 2. The Morgan fingerprint density at radius 3 is 2.62 bits per heavy atom. The Labute approximate surface area is 156 Å². The van der Waals surface area contributed by atoms with Crippen LogP contribution in [-0.2, 0) is 9.59 Å². The third-order valence-electron chi connectivity index (χ3n) is 4.82. The van der Waals surface area contributed by atoms with Gasteiger partial charge in [0.2, 0.25) is 11.8 Å². The number of benzene rings is 2. The number of hydrogen-bond acceptors (Lipinski definition) is 3. The van der Waals surface area contributed by atoms with Gasteiger partial charge in [-0.1, -0.05) is 24.3 Å². The fraction of sp³-hybridized carbons (Fsp3) is 0.300. The third kappa shape index (κ3) is 3.09. The molecule has 0 aliphatic carbocycles. The zero-order chi connectivity index (χ0) is 18.1. The number of carbonyl (C=O) groups is 2. The summed E-state index contributed by atoms with van der Waals surface area (Å²) in [7, 11) is 0. The van der Waals surface area contributed by atoms with Gasteiger partial charge >= 0.3 is 0 Å². The van der Waals surface area contributed by atoms with Crippen LogP contribution in [0.5, 0.6) is 0 Å². The number of thioether (sulfide) groups is 1.